The lowest BCUT2D eigenvalue weighted by Crippen LogP contribution is -2.34. The number of aliphatic hydroxyl groups is 1. The van der Waals surface area contributed by atoms with Gasteiger partial charge in [0.2, 0.25) is 0 Å². The molecular formula is C16H18ClFN2O5. The van der Waals surface area contributed by atoms with Crippen LogP contribution in [0.2, 0.25) is 5.02 Å². The van der Waals surface area contributed by atoms with Gasteiger partial charge in [-0.05, 0) is 25.1 Å². The molecule has 0 fully saturated rings. The first kappa shape index (κ1) is 19.2. The number of aromatic nitrogens is 1. The van der Waals surface area contributed by atoms with Gasteiger partial charge in [-0.3, -0.25) is 4.79 Å². The fraction of sp³-hybridized carbons (Fsp3) is 0.375. The highest BCUT2D eigenvalue weighted by atomic mass is 35.5. The van der Waals surface area contributed by atoms with E-state index in [1.54, 1.807) is 0 Å². The lowest BCUT2D eigenvalue weighted by Gasteiger charge is -2.10. The van der Waals surface area contributed by atoms with Crippen LogP contribution in [0.3, 0.4) is 0 Å². The molecule has 0 saturated carbocycles. The van der Waals surface area contributed by atoms with E-state index in [9.17, 15) is 14.3 Å². The van der Waals surface area contributed by atoms with Crippen molar-refractivity contribution in [1.29, 1.82) is 0 Å². The minimum atomic E-state index is -0.806. The van der Waals surface area contributed by atoms with Gasteiger partial charge >= 0.3 is 0 Å². The van der Waals surface area contributed by atoms with E-state index in [4.69, 9.17) is 25.6 Å². The molecule has 1 amide bonds. The fourth-order valence-corrected chi connectivity index (χ4v) is 2.06. The summed E-state index contributed by atoms with van der Waals surface area (Å²) < 4.78 is 28.4. The van der Waals surface area contributed by atoms with E-state index in [-0.39, 0.29) is 36.2 Å². The lowest BCUT2D eigenvalue weighted by atomic mass is 10.3. The maximum Gasteiger partial charge on any atom is 0.273 e. The molecule has 0 bridgehead atoms. The summed E-state index contributed by atoms with van der Waals surface area (Å²) >= 11 is 5.85. The Hall–Kier alpha value is -2.16. The van der Waals surface area contributed by atoms with Crippen molar-refractivity contribution in [2.75, 3.05) is 19.8 Å². The molecule has 0 aliphatic heterocycles. The Morgan fingerprint density at radius 3 is 3.00 bits per heavy atom. The number of ether oxygens (including phenoxy) is 2. The van der Waals surface area contributed by atoms with Crippen molar-refractivity contribution < 1.29 is 28.3 Å². The number of nitrogens with one attached hydrogen (secondary N) is 1. The number of nitrogens with zero attached hydrogens (tertiary/aromatic N) is 1. The largest absolute Gasteiger partial charge is 0.484 e. The lowest BCUT2D eigenvalue weighted by molar-refractivity contribution is 0.0417. The van der Waals surface area contributed by atoms with Gasteiger partial charge in [0.05, 0.1) is 17.7 Å². The van der Waals surface area contributed by atoms with Crippen LogP contribution < -0.4 is 10.1 Å². The third-order valence-corrected chi connectivity index (χ3v) is 3.36. The highest BCUT2D eigenvalue weighted by Gasteiger charge is 2.15. The molecule has 1 atom stereocenters. The minimum Gasteiger partial charge on any atom is -0.484 e. The van der Waals surface area contributed by atoms with Gasteiger partial charge in [0, 0.05) is 19.2 Å². The van der Waals surface area contributed by atoms with E-state index < -0.39 is 17.8 Å². The van der Waals surface area contributed by atoms with Crippen molar-refractivity contribution in [3.63, 3.8) is 0 Å². The monoisotopic (exact) mass is 372 g/mol. The van der Waals surface area contributed by atoms with E-state index in [2.05, 4.69) is 10.5 Å². The maximum atomic E-state index is 13.0. The summed E-state index contributed by atoms with van der Waals surface area (Å²) in [5.74, 6) is -0.391. The molecule has 0 aliphatic rings. The van der Waals surface area contributed by atoms with Gasteiger partial charge in [0.25, 0.3) is 5.91 Å². The third-order valence-electron chi connectivity index (χ3n) is 3.07. The van der Waals surface area contributed by atoms with E-state index in [0.717, 1.165) is 6.07 Å². The van der Waals surface area contributed by atoms with Crippen molar-refractivity contribution in [3.8, 4) is 5.75 Å². The summed E-state index contributed by atoms with van der Waals surface area (Å²) in [6.45, 7) is 2.42. The van der Waals surface area contributed by atoms with Crippen molar-refractivity contribution in [1.82, 2.24) is 10.5 Å². The molecule has 0 radical (unpaired) electrons. The van der Waals surface area contributed by atoms with Crippen molar-refractivity contribution in [2.24, 2.45) is 0 Å². The number of carbonyl (C=O) groups excluding carboxylic acids is 1. The van der Waals surface area contributed by atoms with Crippen LogP contribution in [0.1, 0.15) is 23.2 Å². The quantitative estimate of drug-likeness (QED) is 0.700. The molecule has 1 aromatic carbocycles. The molecule has 0 saturated heterocycles. The summed E-state index contributed by atoms with van der Waals surface area (Å²) in [7, 11) is 0. The summed E-state index contributed by atoms with van der Waals surface area (Å²) in [5.41, 5.74) is 0.0485. The zero-order valence-corrected chi connectivity index (χ0v) is 14.3. The maximum absolute atomic E-state index is 13.0. The molecule has 9 heteroatoms. The zero-order valence-electron chi connectivity index (χ0n) is 13.5. The van der Waals surface area contributed by atoms with Gasteiger partial charge in [-0.2, -0.15) is 0 Å². The number of benzene rings is 1. The molecule has 2 N–H and O–H groups in total. The van der Waals surface area contributed by atoms with Crippen LogP contribution in [0.4, 0.5) is 4.39 Å². The summed E-state index contributed by atoms with van der Waals surface area (Å²) in [4.78, 5) is 11.9. The van der Waals surface area contributed by atoms with Crippen molar-refractivity contribution in [2.45, 2.75) is 19.6 Å². The number of rotatable bonds is 9. The summed E-state index contributed by atoms with van der Waals surface area (Å²) in [6, 6.07) is 5.14. The second-order valence-electron chi connectivity index (χ2n) is 5.07. The van der Waals surface area contributed by atoms with Gasteiger partial charge in [-0.25, -0.2) is 4.39 Å². The summed E-state index contributed by atoms with van der Waals surface area (Å²) in [5, 5.41) is 15.9. The van der Waals surface area contributed by atoms with E-state index in [1.165, 1.54) is 18.2 Å². The Morgan fingerprint density at radius 2 is 2.28 bits per heavy atom. The zero-order chi connectivity index (χ0) is 18.2. The van der Waals surface area contributed by atoms with Crippen molar-refractivity contribution in [3.05, 3.63) is 46.6 Å². The Morgan fingerprint density at radius 1 is 1.48 bits per heavy atom. The molecule has 1 unspecified atom stereocenters. The number of amides is 1. The Labute approximate surface area is 148 Å². The first-order chi connectivity index (χ1) is 12.0. The van der Waals surface area contributed by atoms with Crippen LogP contribution in [0.25, 0.3) is 0 Å². The average Bonchev–Trinajstić information content (AvgIpc) is 3.06. The number of hydrogen-bond donors (Lipinski definition) is 2. The fourth-order valence-electron chi connectivity index (χ4n) is 1.84. The second kappa shape index (κ2) is 9.36. The van der Waals surface area contributed by atoms with Crippen LogP contribution in [-0.2, 0) is 11.3 Å². The molecule has 2 aromatic rings. The molecule has 1 aromatic heterocycles. The number of carbonyl (C=O) groups is 1. The van der Waals surface area contributed by atoms with Crippen LogP contribution in [0.15, 0.2) is 28.8 Å². The molecular weight excluding hydrogens is 355 g/mol. The third kappa shape index (κ3) is 6.00. The van der Waals surface area contributed by atoms with Gasteiger partial charge in [0.15, 0.2) is 11.5 Å². The molecule has 1 heterocycles. The van der Waals surface area contributed by atoms with Crippen LogP contribution in [-0.4, -0.2) is 42.0 Å². The van der Waals surface area contributed by atoms with Gasteiger partial charge < -0.3 is 24.4 Å². The SMILES string of the molecule is CCOCC(O)CNC(=O)c1cc(COc2ccc(F)cc2Cl)on1. The van der Waals surface area contributed by atoms with E-state index >= 15 is 0 Å². The Kier molecular flexibility index (Phi) is 7.17. The van der Waals surface area contributed by atoms with Gasteiger partial charge in [0.1, 0.15) is 18.2 Å². The van der Waals surface area contributed by atoms with Crippen molar-refractivity contribution >= 4 is 17.5 Å². The predicted octanol–water partition coefficient (Wildman–Crippen LogP) is 2.17. The molecule has 0 aliphatic carbocycles. The number of aliphatic hydroxyl groups excluding tert-OH is 1. The van der Waals surface area contributed by atoms with Crippen LogP contribution in [0, 0.1) is 5.82 Å². The van der Waals surface area contributed by atoms with E-state index in [1.807, 2.05) is 6.92 Å². The summed E-state index contributed by atoms with van der Waals surface area (Å²) in [6.07, 6.45) is -0.806. The second-order valence-corrected chi connectivity index (χ2v) is 5.47. The van der Waals surface area contributed by atoms with Crippen LogP contribution >= 0.6 is 11.6 Å². The first-order valence-electron chi connectivity index (χ1n) is 7.57. The topological polar surface area (TPSA) is 93.8 Å². The first-order valence-corrected chi connectivity index (χ1v) is 7.94. The van der Waals surface area contributed by atoms with Crippen LogP contribution in [0.5, 0.6) is 5.75 Å². The standard InChI is InChI=1S/C16H18ClFN2O5/c1-2-23-8-11(21)7-19-16(22)14-6-12(25-20-14)9-24-15-4-3-10(18)5-13(15)17/h3-6,11,21H,2,7-9H2,1H3,(H,19,22). The van der Waals surface area contributed by atoms with Gasteiger partial charge in [-0.15, -0.1) is 0 Å². The molecule has 136 valence electrons. The highest BCUT2D eigenvalue weighted by molar-refractivity contribution is 6.32. The Balaban J connectivity index is 1.83. The number of halogens is 2. The number of hydrogen-bond acceptors (Lipinski definition) is 6. The molecule has 25 heavy (non-hydrogen) atoms. The van der Waals surface area contributed by atoms with Gasteiger partial charge in [-0.1, -0.05) is 16.8 Å². The smallest absolute Gasteiger partial charge is 0.273 e. The highest BCUT2D eigenvalue weighted by Crippen LogP contribution is 2.25. The normalized spacial score (nSPS) is 12.0. The molecule has 2 rings (SSSR count). The minimum absolute atomic E-state index is 0.0292. The predicted molar refractivity (Wildman–Crippen MR) is 87.1 cm³/mol. The Bertz CT molecular complexity index is 710. The molecule has 0 spiro atoms. The molecule has 7 nitrogen and oxygen atoms in total. The van der Waals surface area contributed by atoms with E-state index in [0.29, 0.717) is 12.4 Å². The average molecular weight is 373 g/mol.